The number of carbonyl (C=O) groups excluding carboxylic acids is 1. The lowest BCUT2D eigenvalue weighted by Crippen LogP contribution is -2.36. The molecule has 1 saturated heterocycles. The predicted octanol–water partition coefficient (Wildman–Crippen LogP) is 1.37. The fourth-order valence-electron chi connectivity index (χ4n) is 2.51. The molecule has 0 saturated carbocycles. The Kier molecular flexibility index (Phi) is 4.19. The Bertz CT molecular complexity index is 469. The van der Waals surface area contributed by atoms with Crippen LogP contribution in [0.3, 0.4) is 0 Å². The molecule has 1 aromatic heterocycles. The van der Waals surface area contributed by atoms with Crippen molar-refractivity contribution in [2.24, 2.45) is 0 Å². The lowest BCUT2D eigenvalue weighted by atomic mass is 10.1. The second-order valence-corrected chi connectivity index (χ2v) is 4.88. The van der Waals surface area contributed by atoms with Gasteiger partial charge in [0.1, 0.15) is 0 Å². The monoisotopic (exact) mass is 265 g/mol. The molecule has 0 spiro atoms. The molecule has 6 nitrogen and oxygen atoms in total. The summed E-state index contributed by atoms with van der Waals surface area (Å²) in [6.07, 6.45) is 5.92. The summed E-state index contributed by atoms with van der Waals surface area (Å²) in [5, 5.41) is 13.0. The quantitative estimate of drug-likeness (QED) is 0.872. The summed E-state index contributed by atoms with van der Waals surface area (Å²) in [6.45, 7) is 3.47. The summed E-state index contributed by atoms with van der Waals surface area (Å²) in [6, 6.07) is -0.181. The maximum Gasteiger partial charge on any atom is 0.305 e. The maximum atomic E-state index is 12.3. The molecule has 1 atom stereocenters. The number of likely N-dealkylation sites (tertiary alicyclic amines) is 1. The van der Waals surface area contributed by atoms with Crippen molar-refractivity contribution in [3.63, 3.8) is 0 Å². The molecule has 1 aliphatic rings. The Hall–Kier alpha value is -1.85. The van der Waals surface area contributed by atoms with E-state index in [9.17, 15) is 9.59 Å². The number of carboxylic acid groups (broad SMARTS) is 1. The van der Waals surface area contributed by atoms with Gasteiger partial charge in [0.25, 0.3) is 5.91 Å². The first-order valence-electron chi connectivity index (χ1n) is 6.67. The van der Waals surface area contributed by atoms with Crippen LogP contribution >= 0.6 is 0 Å². The summed E-state index contributed by atoms with van der Waals surface area (Å²) < 4.78 is 1.75. The number of carbonyl (C=O) groups is 2. The van der Waals surface area contributed by atoms with Gasteiger partial charge in [-0.3, -0.25) is 14.3 Å². The van der Waals surface area contributed by atoms with E-state index in [4.69, 9.17) is 5.11 Å². The molecule has 19 heavy (non-hydrogen) atoms. The summed E-state index contributed by atoms with van der Waals surface area (Å²) in [5.41, 5.74) is 0.547. The van der Waals surface area contributed by atoms with Crippen LogP contribution in [-0.4, -0.2) is 44.3 Å². The van der Waals surface area contributed by atoms with Gasteiger partial charge < -0.3 is 10.0 Å². The molecule has 104 valence electrons. The third kappa shape index (κ3) is 3.13. The second-order valence-electron chi connectivity index (χ2n) is 4.88. The third-order valence-electron chi connectivity index (χ3n) is 3.38. The highest BCUT2D eigenvalue weighted by Gasteiger charge is 2.31. The Morgan fingerprint density at radius 1 is 1.53 bits per heavy atom. The summed E-state index contributed by atoms with van der Waals surface area (Å²) in [4.78, 5) is 24.8. The first-order chi connectivity index (χ1) is 9.11. The van der Waals surface area contributed by atoms with E-state index in [2.05, 4.69) is 5.10 Å². The standard InChI is InChI=1S/C13H19N3O3/c1-2-5-15-9-10(8-14-15)13(19)16-6-3-4-11(16)7-12(17)18/h8-9,11H,2-7H2,1H3,(H,17,18). The van der Waals surface area contributed by atoms with Crippen LogP contribution in [0.15, 0.2) is 12.4 Å². The van der Waals surface area contributed by atoms with E-state index in [1.807, 2.05) is 6.92 Å². The van der Waals surface area contributed by atoms with Gasteiger partial charge in [-0.15, -0.1) is 0 Å². The zero-order chi connectivity index (χ0) is 13.8. The number of aliphatic carboxylic acids is 1. The first kappa shape index (κ1) is 13.6. The number of carboxylic acids is 1. The van der Waals surface area contributed by atoms with Gasteiger partial charge in [-0.2, -0.15) is 5.10 Å². The van der Waals surface area contributed by atoms with Crippen molar-refractivity contribution in [1.82, 2.24) is 14.7 Å². The maximum absolute atomic E-state index is 12.3. The van der Waals surface area contributed by atoms with Gasteiger partial charge in [0.05, 0.1) is 18.2 Å². The van der Waals surface area contributed by atoms with E-state index in [1.54, 1.807) is 22.0 Å². The van der Waals surface area contributed by atoms with Gasteiger partial charge in [-0.05, 0) is 19.3 Å². The second kappa shape index (κ2) is 5.86. The van der Waals surface area contributed by atoms with Gasteiger partial charge >= 0.3 is 5.97 Å². The number of aromatic nitrogens is 2. The Labute approximate surface area is 112 Å². The van der Waals surface area contributed by atoms with Crippen LogP contribution in [0.5, 0.6) is 0 Å². The smallest absolute Gasteiger partial charge is 0.305 e. The van der Waals surface area contributed by atoms with Crippen LogP contribution in [0.4, 0.5) is 0 Å². The lowest BCUT2D eigenvalue weighted by Gasteiger charge is -2.22. The largest absolute Gasteiger partial charge is 0.481 e. The van der Waals surface area contributed by atoms with Crippen LogP contribution in [0.25, 0.3) is 0 Å². The van der Waals surface area contributed by atoms with E-state index >= 15 is 0 Å². The van der Waals surface area contributed by atoms with Crippen LogP contribution < -0.4 is 0 Å². The van der Waals surface area contributed by atoms with E-state index in [-0.39, 0.29) is 18.4 Å². The Morgan fingerprint density at radius 2 is 2.32 bits per heavy atom. The fourth-order valence-corrected chi connectivity index (χ4v) is 2.51. The highest BCUT2D eigenvalue weighted by atomic mass is 16.4. The van der Waals surface area contributed by atoms with Gasteiger partial charge in [-0.25, -0.2) is 0 Å². The number of nitrogens with zero attached hydrogens (tertiary/aromatic N) is 3. The fraction of sp³-hybridized carbons (Fsp3) is 0.615. The molecule has 0 aliphatic carbocycles. The van der Waals surface area contributed by atoms with Gasteiger partial charge in [0.15, 0.2) is 0 Å². The highest BCUT2D eigenvalue weighted by Crippen LogP contribution is 2.22. The first-order valence-corrected chi connectivity index (χ1v) is 6.67. The van der Waals surface area contributed by atoms with Crippen LogP contribution in [0, 0.1) is 0 Å². The number of hydrogen-bond acceptors (Lipinski definition) is 3. The number of amides is 1. The zero-order valence-corrected chi connectivity index (χ0v) is 11.1. The summed E-state index contributed by atoms with van der Waals surface area (Å²) in [7, 11) is 0. The molecule has 2 heterocycles. The van der Waals surface area contributed by atoms with Crippen LogP contribution in [-0.2, 0) is 11.3 Å². The average molecular weight is 265 g/mol. The molecule has 1 aromatic rings. The van der Waals surface area contributed by atoms with Crippen molar-refractivity contribution in [3.8, 4) is 0 Å². The Balaban J connectivity index is 2.06. The molecular formula is C13H19N3O3. The minimum atomic E-state index is -0.855. The molecule has 1 unspecified atom stereocenters. The molecule has 1 amide bonds. The van der Waals surface area contributed by atoms with Gasteiger partial charge in [0.2, 0.25) is 0 Å². The molecule has 6 heteroatoms. The number of hydrogen-bond donors (Lipinski definition) is 1. The predicted molar refractivity (Wildman–Crippen MR) is 68.8 cm³/mol. The molecule has 1 N–H and O–H groups in total. The molecule has 2 rings (SSSR count). The molecule has 1 aliphatic heterocycles. The minimum absolute atomic E-state index is 0.0227. The molecule has 0 aromatic carbocycles. The van der Waals surface area contributed by atoms with Crippen molar-refractivity contribution in [3.05, 3.63) is 18.0 Å². The van der Waals surface area contributed by atoms with Crippen molar-refractivity contribution >= 4 is 11.9 Å². The number of rotatable bonds is 5. The normalized spacial score (nSPS) is 18.8. The zero-order valence-electron chi connectivity index (χ0n) is 11.1. The van der Waals surface area contributed by atoms with Crippen LogP contribution in [0.1, 0.15) is 43.0 Å². The van der Waals surface area contributed by atoms with Crippen molar-refractivity contribution < 1.29 is 14.7 Å². The van der Waals surface area contributed by atoms with Crippen molar-refractivity contribution in [2.45, 2.75) is 45.2 Å². The van der Waals surface area contributed by atoms with E-state index < -0.39 is 5.97 Å². The van der Waals surface area contributed by atoms with Crippen LogP contribution in [0.2, 0.25) is 0 Å². The molecule has 0 radical (unpaired) electrons. The molecule has 0 bridgehead atoms. The van der Waals surface area contributed by atoms with E-state index in [0.717, 1.165) is 25.8 Å². The molecular weight excluding hydrogens is 246 g/mol. The van der Waals surface area contributed by atoms with E-state index in [0.29, 0.717) is 12.1 Å². The lowest BCUT2D eigenvalue weighted by molar-refractivity contribution is -0.137. The topological polar surface area (TPSA) is 75.4 Å². The van der Waals surface area contributed by atoms with Gasteiger partial charge in [-0.1, -0.05) is 6.92 Å². The van der Waals surface area contributed by atoms with Crippen molar-refractivity contribution in [1.29, 1.82) is 0 Å². The van der Waals surface area contributed by atoms with Gasteiger partial charge in [0, 0.05) is 25.3 Å². The minimum Gasteiger partial charge on any atom is -0.481 e. The average Bonchev–Trinajstić information content (AvgIpc) is 2.97. The molecule has 1 fully saturated rings. The SMILES string of the molecule is CCCn1cc(C(=O)N2CCCC2CC(=O)O)cn1. The summed E-state index contributed by atoms with van der Waals surface area (Å²) in [5.74, 6) is -0.961. The van der Waals surface area contributed by atoms with E-state index in [1.165, 1.54) is 0 Å². The summed E-state index contributed by atoms with van der Waals surface area (Å²) >= 11 is 0. The third-order valence-corrected chi connectivity index (χ3v) is 3.38. The van der Waals surface area contributed by atoms with Crippen molar-refractivity contribution in [2.75, 3.05) is 6.54 Å². The number of aryl methyl sites for hydroxylation is 1. The Morgan fingerprint density at radius 3 is 3.00 bits per heavy atom. The highest BCUT2D eigenvalue weighted by molar-refractivity contribution is 5.94.